The number of carbonyl (C=O) groups excluding carboxylic acids is 1. The zero-order valence-electron chi connectivity index (χ0n) is 12.5. The molecule has 0 radical (unpaired) electrons. The third-order valence-electron chi connectivity index (χ3n) is 3.32. The van der Waals surface area contributed by atoms with Gasteiger partial charge in [0, 0.05) is 21.9 Å². The first-order valence-corrected chi connectivity index (χ1v) is 9.39. The Hall–Kier alpha value is -1.56. The molecule has 0 aliphatic heterocycles. The molecule has 2 rings (SSSR count). The van der Waals surface area contributed by atoms with Crippen molar-refractivity contribution in [2.45, 2.75) is 17.9 Å². The predicted octanol–water partition coefficient (Wildman–Crippen LogP) is 3.89. The Morgan fingerprint density at radius 1 is 1.09 bits per heavy atom. The van der Waals surface area contributed by atoms with Gasteiger partial charge in [-0.2, -0.15) is 0 Å². The Morgan fingerprint density at radius 2 is 1.70 bits per heavy atom. The van der Waals surface area contributed by atoms with Crippen molar-refractivity contribution in [2.24, 2.45) is 0 Å². The summed E-state index contributed by atoms with van der Waals surface area (Å²) in [6.45, 7) is 1.80. The van der Waals surface area contributed by atoms with E-state index in [2.05, 4.69) is 5.32 Å². The summed E-state index contributed by atoms with van der Waals surface area (Å²) in [6.07, 6.45) is 1.12. The Morgan fingerprint density at radius 3 is 2.22 bits per heavy atom. The molecule has 2 aromatic rings. The quantitative estimate of drug-likeness (QED) is 0.886. The number of amides is 1. The van der Waals surface area contributed by atoms with Gasteiger partial charge in [0.25, 0.3) is 5.91 Å². The average Bonchev–Trinajstić information content (AvgIpc) is 2.46. The van der Waals surface area contributed by atoms with Gasteiger partial charge in [0.1, 0.15) is 0 Å². The number of hydrogen-bond acceptors (Lipinski definition) is 3. The Labute approximate surface area is 145 Å². The standard InChI is InChI=1S/C16H15Cl2NO3S/c1-10(14-8-5-12(17)9-15(14)18)19-16(20)11-3-6-13(7-4-11)23(2,21)22/h3-10H,1-2H3,(H,19,20)/t10-/m1/s1. The fourth-order valence-electron chi connectivity index (χ4n) is 2.06. The maximum atomic E-state index is 12.2. The number of nitrogens with one attached hydrogen (secondary N) is 1. The highest BCUT2D eigenvalue weighted by Crippen LogP contribution is 2.26. The van der Waals surface area contributed by atoms with Crippen LogP contribution in [0, 0.1) is 0 Å². The van der Waals surface area contributed by atoms with E-state index in [1.54, 1.807) is 25.1 Å². The first-order chi connectivity index (χ1) is 10.7. The number of sulfone groups is 1. The lowest BCUT2D eigenvalue weighted by Gasteiger charge is -2.16. The third-order valence-corrected chi connectivity index (χ3v) is 5.01. The van der Waals surface area contributed by atoms with Crippen LogP contribution in [0.25, 0.3) is 0 Å². The van der Waals surface area contributed by atoms with Gasteiger partial charge in [0.2, 0.25) is 0 Å². The number of hydrogen-bond donors (Lipinski definition) is 1. The van der Waals surface area contributed by atoms with Crippen molar-refractivity contribution in [1.29, 1.82) is 0 Å². The van der Waals surface area contributed by atoms with Gasteiger partial charge in [-0.15, -0.1) is 0 Å². The summed E-state index contributed by atoms with van der Waals surface area (Å²) in [5.74, 6) is -0.316. The van der Waals surface area contributed by atoms with Crippen LogP contribution in [0.4, 0.5) is 0 Å². The van der Waals surface area contributed by atoms with E-state index in [4.69, 9.17) is 23.2 Å². The molecule has 7 heteroatoms. The fraction of sp³-hybridized carbons (Fsp3) is 0.188. The normalized spacial score (nSPS) is 12.7. The van der Waals surface area contributed by atoms with Crippen LogP contribution in [0.5, 0.6) is 0 Å². The molecule has 4 nitrogen and oxygen atoms in total. The summed E-state index contributed by atoms with van der Waals surface area (Å²) in [6, 6.07) is 10.5. The molecular weight excluding hydrogens is 357 g/mol. The molecule has 1 atom stereocenters. The zero-order valence-corrected chi connectivity index (χ0v) is 14.8. The van der Waals surface area contributed by atoms with E-state index in [9.17, 15) is 13.2 Å². The monoisotopic (exact) mass is 371 g/mol. The van der Waals surface area contributed by atoms with Crippen molar-refractivity contribution in [2.75, 3.05) is 6.26 Å². The molecule has 23 heavy (non-hydrogen) atoms. The minimum absolute atomic E-state index is 0.169. The van der Waals surface area contributed by atoms with Gasteiger partial charge >= 0.3 is 0 Å². The molecule has 0 bridgehead atoms. The molecule has 0 aliphatic rings. The average molecular weight is 372 g/mol. The first-order valence-electron chi connectivity index (χ1n) is 6.74. The SMILES string of the molecule is C[C@@H](NC(=O)c1ccc(S(C)(=O)=O)cc1)c1ccc(Cl)cc1Cl. The molecule has 0 spiro atoms. The minimum Gasteiger partial charge on any atom is -0.345 e. The molecule has 1 amide bonds. The van der Waals surface area contributed by atoms with Crippen LogP contribution in [0.1, 0.15) is 28.9 Å². The predicted molar refractivity (Wildman–Crippen MR) is 91.9 cm³/mol. The van der Waals surface area contributed by atoms with Crippen LogP contribution in [0.2, 0.25) is 10.0 Å². The minimum atomic E-state index is -3.28. The fourth-order valence-corrected chi connectivity index (χ4v) is 3.27. The van der Waals surface area contributed by atoms with Crippen molar-refractivity contribution in [3.63, 3.8) is 0 Å². The van der Waals surface area contributed by atoms with E-state index in [1.165, 1.54) is 24.3 Å². The maximum absolute atomic E-state index is 12.2. The molecule has 0 fully saturated rings. The summed E-state index contributed by atoms with van der Waals surface area (Å²) in [7, 11) is -3.28. The lowest BCUT2D eigenvalue weighted by atomic mass is 10.1. The number of carbonyl (C=O) groups is 1. The molecule has 0 saturated heterocycles. The van der Waals surface area contributed by atoms with Gasteiger partial charge < -0.3 is 5.32 Å². The number of benzene rings is 2. The van der Waals surface area contributed by atoms with Crippen LogP contribution in [-0.4, -0.2) is 20.6 Å². The smallest absolute Gasteiger partial charge is 0.251 e. The van der Waals surface area contributed by atoms with Crippen LogP contribution < -0.4 is 5.32 Å². The summed E-state index contributed by atoms with van der Waals surface area (Å²) < 4.78 is 22.8. The van der Waals surface area contributed by atoms with Gasteiger partial charge in [0.15, 0.2) is 9.84 Å². The van der Waals surface area contributed by atoms with Crippen molar-refractivity contribution >= 4 is 38.9 Å². The van der Waals surface area contributed by atoms with Crippen molar-refractivity contribution < 1.29 is 13.2 Å². The highest BCUT2D eigenvalue weighted by molar-refractivity contribution is 7.90. The molecule has 0 unspecified atom stereocenters. The molecule has 122 valence electrons. The van der Waals surface area contributed by atoms with Crippen LogP contribution in [-0.2, 0) is 9.84 Å². The van der Waals surface area contributed by atoms with Crippen molar-refractivity contribution in [3.8, 4) is 0 Å². The van der Waals surface area contributed by atoms with E-state index < -0.39 is 9.84 Å². The number of rotatable bonds is 4. The topological polar surface area (TPSA) is 63.2 Å². The Balaban J connectivity index is 2.15. The third kappa shape index (κ3) is 4.47. The van der Waals surface area contributed by atoms with Crippen LogP contribution >= 0.6 is 23.2 Å². The van der Waals surface area contributed by atoms with Crippen molar-refractivity contribution in [1.82, 2.24) is 5.32 Å². The van der Waals surface area contributed by atoms with E-state index in [0.717, 1.165) is 11.8 Å². The second kappa shape index (κ2) is 6.91. The van der Waals surface area contributed by atoms with Gasteiger partial charge in [-0.1, -0.05) is 29.3 Å². The maximum Gasteiger partial charge on any atom is 0.251 e. The molecule has 0 aliphatic carbocycles. The molecule has 0 aromatic heterocycles. The summed E-state index contributed by atoms with van der Waals surface area (Å²) in [5.41, 5.74) is 1.12. The molecule has 0 saturated carbocycles. The van der Waals surface area contributed by atoms with Gasteiger partial charge in [-0.25, -0.2) is 8.42 Å². The van der Waals surface area contributed by atoms with Crippen LogP contribution in [0.15, 0.2) is 47.4 Å². The lowest BCUT2D eigenvalue weighted by Crippen LogP contribution is -2.26. The second-order valence-electron chi connectivity index (χ2n) is 5.16. The van der Waals surface area contributed by atoms with Crippen LogP contribution in [0.3, 0.4) is 0 Å². The highest BCUT2D eigenvalue weighted by atomic mass is 35.5. The Bertz CT molecular complexity index is 833. The summed E-state index contributed by atoms with van der Waals surface area (Å²) >= 11 is 12.0. The van der Waals surface area contributed by atoms with E-state index in [0.29, 0.717) is 15.6 Å². The van der Waals surface area contributed by atoms with E-state index in [-0.39, 0.29) is 16.8 Å². The van der Waals surface area contributed by atoms with Gasteiger partial charge in [0.05, 0.1) is 10.9 Å². The van der Waals surface area contributed by atoms with E-state index in [1.807, 2.05) is 0 Å². The number of halogens is 2. The van der Waals surface area contributed by atoms with Gasteiger partial charge in [-0.3, -0.25) is 4.79 Å². The summed E-state index contributed by atoms with van der Waals surface area (Å²) in [4.78, 5) is 12.4. The van der Waals surface area contributed by atoms with E-state index >= 15 is 0 Å². The molecule has 2 aromatic carbocycles. The highest BCUT2D eigenvalue weighted by Gasteiger charge is 2.15. The van der Waals surface area contributed by atoms with Gasteiger partial charge in [-0.05, 0) is 48.9 Å². The lowest BCUT2D eigenvalue weighted by molar-refractivity contribution is 0.0940. The molecule has 1 N–H and O–H groups in total. The second-order valence-corrected chi connectivity index (χ2v) is 8.02. The molecular formula is C16H15Cl2NO3S. The summed E-state index contributed by atoms with van der Waals surface area (Å²) in [5, 5.41) is 3.81. The molecule has 0 heterocycles. The van der Waals surface area contributed by atoms with Crippen molar-refractivity contribution in [3.05, 3.63) is 63.6 Å². The first kappa shape index (κ1) is 17.8. The zero-order chi connectivity index (χ0) is 17.2. The Kier molecular flexibility index (Phi) is 5.34. The largest absolute Gasteiger partial charge is 0.345 e.